The van der Waals surface area contributed by atoms with E-state index in [9.17, 15) is 9.90 Å². The third-order valence-electron chi connectivity index (χ3n) is 2.72. The van der Waals surface area contributed by atoms with Crippen molar-refractivity contribution >= 4 is 5.97 Å². The summed E-state index contributed by atoms with van der Waals surface area (Å²) >= 11 is 0. The maximum Gasteiger partial charge on any atom is 0.343 e. The van der Waals surface area contributed by atoms with Gasteiger partial charge in [0.15, 0.2) is 6.61 Å². The summed E-state index contributed by atoms with van der Waals surface area (Å²) in [6.45, 7) is 1.73. The minimum atomic E-state index is -0.428. The number of methoxy groups -OCH3 is 1. The van der Waals surface area contributed by atoms with Crippen LogP contribution in [0.25, 0.3) is 0 Å². The van der Waals surface area contributed by atoms with Crippen LogP contribution in [-0.4, -0.2) is 37.4 Å². The zero-order chi connectivity index (χ0) is 13.5. The van der Waals surface area contributed by atoms with Crippen LogP contribution in [0.3, 0.4) is 0 Å². The van der Waals surface area contributed by atoms with Crippen molar-refractivity contribution in [2.45, 2.75) is 18.9 Å². The summed E-state index contributed by atoms with van der Waals surface area (Å²) in [5.74, 6) is 0.0491. The molecule has 2 atom stereocenters. The van der Waals surface area contributed by atoms with E-state index >= 15 is 0 Å². The lowest BCUT2D eigenvalue weighted by Gasteiger charge is -2.18. The molecular formula is C13H19NO4. The monoisotopic (exact) mass is 253 g/mol. The first kappa shape index (κ1) is 14.5. The van der Waals surface area contributed by atoms with Gasteiger partial charge >= 0.3 is 5.97 Å². The number of esters is 1. The van der Waals surface area contributed by atoms with Crippen LogP contribution < -0.4 is 10.5 Å². The fraction of sp³-hybridized carbons (Fsp3) is 0.462. The van der Waals surface area contributed by atoms with Crippen molar-refractivity contribution < 1.29 is 19.4 Å². The minimum Gasteiger partial charge on any atom is -0.482 e. The van der Waals surface area contributed by atoms with Gasteiger partial charge in [-0.2, -0.15) is 0 Å². The van der Waals surface area contributed by atoms with Crippen LogP contribution in [0.15, 0.2) is 24.3 Å². The fourth-order valence-electron chi connectivity index (χ4n) is 1.59. The van der Waals surface area contributed by atoms with E-state index in [1.54, 1.807) is 12.1 Å². The molecule has 0 heterocycles. The summed E-state index contributed by atoms with van der Waals surface area (Å²) in [4.78, 5) is 10.9. The summed E-state index contributed by atoms with van der Waals surface area (Å²) in [5.41, 5.74) is 6.72. The summed E-state index contributed by atoms with van der Waals surface area (Å²) < 4.78 is 9.69. The SMILES string of the molecule is COC(=O)COc1ccc(C(CO)C(C)N)cc1. The van der Waals surface area contributed by atoms with E-state index in [1.807, 2.05) is 19.1 Å². The van der Waals surface area contributed by atoms with Crippen molar-refractivity contribution in [2.75, 3.05) is 20.3 Å². The van der Waals surface area contributed by atoms with Crippen molar-refractivity contribution in [3.05, 3.63) is 29.8 Å². The van der Waals surface area contributed by atoms with Crippen LogP contribution >= 0.6 is 0 Å². The largest absolute Gasteiger partial charge is 0.482 e. The van der Waals surface area contributed by atoms with Gasteiger partial charge in [-0.3, -0.25) is 0 Å². The molecule has 0 aliphatic rings. The third kappa shape index (κ3) is 4.01. The molecule has 1 aromatic rings. The van der Waals surface area contributed by atoms with E-state index < -0.39 is 5.97 Å². The first-order valence-corrected chi connectivity index (χ1v) is 5.74. The molecule has 0 saturated heterocycles. The molecule has 18 heavy (non-hydrogen) atoms. The minimum absolute atomic E-state index is 0.0000309. The molecule has 100 valence electrons. The second-order valence-corrected chi connectivity index (χ2v) is 4.08. The Morgan fingerprint density at radius 3 is 2.44 bits per heavy atom. The highest BCUT2D eigenvalue weighted by molar-refractivity contribution is 5.70. The Morgan fingerprint density at radius 1 is 1.39 bits per heavy atom. The fourth-order valence-corrected chi connectivity index (χ4v) is 1.59. The number of ether oxygens (including phenoxy) is 2. The van der Waals surface area contributed by atoms with Gasteiger partial charge < -0.3 is 20.3 Å². The van der Waals surface area contributed by atoms with E-state index in [4.69, 9.17) is 10.5 Å². The molecule has 1 aromatic carbocycles. The number of aliphatic hydroxyl groups is 1. The molecule has 0 spiro atoms. The average Bonchev–Trinajstić information content (AvgIpc) is 2.37. The highest BCUT2D eigenvalue weighted by Crippen LogP contribution is 2.21. The summed E-state index contributed by atoms with van der Waals surface area (Å²) in [7, 11) is 1.31. The first-order valence-electron chi connectivity index (χ1n) is 5.74. The molecule has 0 radical (unpaired) electrons. The Morgan fingerprint density at radius 2 is 2.00 bits per heavy atom. The van der Waals surface area contributed by atoms with Gasteiger partial charge in [0.25, 0.3) is 0 Å². The highest BCUT2D eigenvalue weighted by Gasteiger charge is 2.15. The predicted molar refractivity (Wildman–Crippen MR) is 67.4 cm³/mol. The van der Waals surface area contributed by atoms with Gasteiger partial charge in [0.2, 0.25) is 0 Å². The van der Waals surface area contributed by atoms with Crippen LogP contribution in [0, 0.1) is 0 Å². The topological polar surface area (TPSA) is 81.8 Å². The Balaban J connectivity index is 2.64. The van der Waals surface area contributed by atoms with Crippen molar-refractivity contribution in [1.82, 2.24) is 0 Å². The summed E-state index contributed by atoms with van der Waals surface area (Å²) in [6, 6.07) is 7.01. The lowest BCUT2D eigenvalue weighted by Crippen LogP contribution is -2.27. The van der Waals surface area contributed by atoms with E-state index in [2.05, 4.69) is 4.74 Å². The average molecular weight is 253 g/mol. The Hall–Kier alpha value is -1.59. The number of hydrogen-bond acceptors (Lipinski definition) is 5. The third-order valence-corrected chi connectivity index (χ3v) is 2.72. The molecule has 0 aliphatic heterocycles. The highest BCUT2D eigenvalue weighted by atomic mass is 16.6. The number of carbonyl (C=O) groups is 1. The molecule has 5 heteroatoms. The zero-order valence-electron chi connectivity index (χ0n) is 10.6. The van der Waals surface area contributed by atoms with E-state index in [-0.39, 0.29) is 25.2 Å². The van der Waals surface area contributed by atoms with E-state index in [0.29, 0.717) is 5.75 Å². The molecule has 2 unspecified atom stereocenters. The van der Waals surface area contributed by atoms with Crippen LogP contribution in [0.2, 0.25) is 0 Å². The number of benzene rings is 1. The first-order chi connectivity index (χ1) is 8.58. The maximum atomic E-state index is 10.9. The van der Waals surface area contributed by atoms with Crippen molar-refractivity contribution in [3.8, 4) is 5.75 Å². The number of nitrogens with two attached hydrogens (primary N) is 1. The second-order valence-electron chi connectivity index (χ2n) is 4.08. The zero-order valence-corrected chi connectivity index (χ0v) is 10.6. The Bertz CT molecular complexity index is 375. The smallest absolute Gasteiger partial charge is 0.343 e. The van der Waals surface area contributed by atoms with Crippen LogP contribution in [0.1, 0.15) is 18.4 Å². The van der Waals surface area contributed by atoms with E-state index in [1.165, 1.54) is 7.11 Å². The normalized spacial score (nSPS) is 13.8. The van der Waals surface area contributed by atoms with Crippen LogP contribution in [0.5, 0.6) is 5.75 Å². The van der Waals surface area contributed by atoms with Gasteiger partial charge in [-0.05, 0) is 24.6 Å². The molecule has 3 N–H and O–H groups in total. The van der Waals surface area contributed by atoms with Crippen molar-refractivity contribution in [1.29, 1.82) is 0 Å². The standard InChI is InChI=1S/C13H19NO4/c1-9(14)12(7-15)10-3-5-11(6-4-10)18-8-13(16)17-2/h3-6,9,12,15H,7-8,14H2,1-2H3. The number of rotatable bonds is 6. The van der Waals surface area contributed by atoms with Gasteiger partial charge in [-0.1, -0.05) is 12.1 Å². The number of aliphatic hydroxyl groups excluding tert-OH is 1. The molecule has 0 aliphatic carbocycles. The molecule has 5 nitrogen and oxygen atoms in total. The molecule has 0 bridgehead atoms. The summed E-state index contributed by atoms with van der Waals surface area (Å²) in [5, 5.41) is 9.25. The molecule has 1 rings (SSSR count). The van der Waals surface area contributed by atoms with Gasteiger partial charge in [0.05, 0.1) is 13.7 Å². The maximum absolute atomic E-state index is 10.9. The van der Waals surface area contributed by atoms with Crippen LogP contribution in [-0.2, 0) is 9.53 Å². The quantitative estimate of drug-likeness (QED) is 0.728. The number of carbonyl (C=O) groups excluding carboxylic acids is 1. The van der Waals surface area contributed by atoms with Gasteiger partial charge in [-0.15, -0.1) is 0 Å². The van der Waals surface area contributed by atoms with Crippen molar-refractivity contribution in [2.24, 2.45) is 5.73 Å². The van der Waals surface area contributed by atoms with E-state index in [0.717, 1.165) is 5.56 Å². The lowest BCUT2D eigenvalue weighted by atomic mass is 9.94. The van der Waals surface area contributed by atoms with Gasteiger partial charge in [0.1, 0.15) is 5.75 Å². The molecule has 0 amide bonds. The number of hydrogen-bond donors (Lipinski definition) is 2. The lowest BCUT2D eigenvalue weighted by molar-refractivity contribution is -0.142. The molecule has 0 saturated carbocycles. The molecule has 0 aromatic heterocycles. The van der Waals surface area contributed by atoms with Crippen molar-refractivity contribution in [3.63, 3.8) is 0 Å². The van der Waals surface area contributed by atoms with Crippen LogP contribution in [0.4, 0.5) is 0 Å². The molecule has 0 fully saturated rings. The van der Waals surface area contributed by atoms with Gasteiger partial charge in [-0.25, -0.2) is 4.79 Å². The summed E-state index contributed by atoms with van der Waals surface area (Å²) in [6.07, 6.45) is 0. The molecular weight excluding hydrogens is 234 g/mol. The van der Waals surface area contributed by atoms with Gasteiger partial charge in [0, 0.05) is 12.0 Å². The Kier molecular flexibility index (Phi) is 5.61. The predicted octanol–water partition coefficient (Wildman–Crippen LogP) is 0.661. The Labute approximate surface area is 107 Å². The second kappa shape index (κ2) is 6.98.